The van der Waals surface area contributed by atoms with Gasteiger partial charge in [-0.05, 0) is 52.9 Å². The maximum atomic E-state index is 13.4. The van der Waals surface area contributed by atoms with Gasteiger partial charge in [0.1, 0.15) is 5.69 Å². The third kappa shape index (κ3) is 6.28. The third-order valence-electron chi connectivity index (χ3n) is 7.23. The second-order valence-electron chi connectivity index (χ2n) is 10.4. The lowest BCUT2D eigenvalue weighted by Gasteiger charge is -2.11. The first-order valence-corrected chi connectivity index (χ1v) is 14.3. The van der Waals surface area contributed by atoms with Gasteiger partial charge in [-0.25, -0.2) is 14.8 Å². The Morgan fingerprint density at radius 3 is 2.28 bits per heavy atom. The minimum Gasteiger partial charge on any atom is -0.505 e. The number of aliphatic hydroxyl groups is 1. The fourth-order valence-corrected chi connectivity index (χ4v) is 4.99. The van der Waals surface area contributed by atoms with Crippen molar-refractivity contribution in [3.8, 4) is 22.8 Å². The van der Waals surface area contributed by atoms with E-state index in [1.54, 1.807) is 104 Å². The van der Waals surface area contributed by atoms with Crippen LogP contribution in [0.2, 0.25) is 0 Å². The lowest BCUT2D eigenvalue weighted by Crippen LogP contribution is -2.12. The van der Waals surface area contributed by atoms with Gasteiger partial charge in [0.2, 0.25) is 17.5 Å². The number of carbonyl (C=O) groups is 2. The number of phenolic OH excluding ortho intramolecular Hbond substituents is 1. The zero-order chi connectivity index (χ0) is 32.9. The number of benzene rings is 4. The standard InChI is InChI=1S/C35H26N8O4/c1-21(45)39-25-14-10-23(11-15-25)29-19-43(35-37-16-5-17-38-35)33(31(29)36-2)42-41-30-27-7-4-3-6-24(27)18-28(32(30)46)34(47)40-26-12-8-22(20-44)9-13-26/h3-19,44,46H,20H2,1H3,(H,39,45)(H,40,47)/b42-41+. The number of carbonyl (C=O) groups excluding carboxylic acids is 2. The second kappa shape index (κ2) is 13.1. The molecule has 0 saturated heterocycles. The summed E-state index contributed by atoms with van der Waals surface area (Å²) in [5, 5.41) is 36.3. The van der Waals surface area contributed by atoms with Crippen LogP contribution in [0.25, 0.3) is 32.7 Å². The van der Waals surface area contributed by atoms with Crippen LogP contribution < -0.4 is 10.6 Å². The minimum atomic E-state index is -0.575. The number of aromatic hydroxyl groups is 1. The average molecular weight is 623 g/mol. The molecule has 0 spiro atoms. The van der Waals surface area contributed by atoms with Crippen LogP contribution in [0, 0.1) is 6.57 Å². The number of amides is 2. The molecular weight excluding hydrogens is 596 g/mol. The van der Waals surface area contributed by atoms with Crippen molar-refractivity contribution in [1.82, 2.24) is 14.5 Å². The van der Waals surface area contributed by atoms with E-state index >= 15 is 0 Å². The van der Waals surface area contributed by atoms with Crippen molar-refractivity contribution in [1.29, 1.82) is 0 Å². The molecule has 0 bridgehead atoms. The van der Waals surface area contributed by atoms with Gasteiger partial charge in [-0.3, -0.25) is 14.2 Å². The Bertz CT molecular complexity index is 2190. The molecule has 0 unspecified atom stereocenters. The lowest BCUT2D eigenvalue weighted by molar-refractivity contribution is -0.114. The van der Waals surface area contributed by atoms with Gasteiger partial charge in [0.15, 0.2) is 11.6 Å². The number of aromatic nitrogens is 3. The fourth-order valence-electron chi connectivity index (χ4n) is 4.99. The van der Waals surface area contributed by atoms with E-state index in [1.165, 1.54) is 11.5 Å². The van der Waals surface area contributed by atoms with E-state index in [1.807, 2.05) is 0 Å². The molecule has 0 atom stereocenters. The monoisotopic (exact) mass is 622 g/mol. The second-order valence-corrected chi connectivity index (χ2v) is 10.4. The molecule has 47 heavy (non-hydrogen) atoms. The van der Waals surface area contributed by atoms with Crippen LogP contribution in [0.1, 0.15) is 22.8 Å². The topological polar surface area (TPSA) is 158 Å². The predicted molar refractivity (Wildman–Crippen MR) is 177 cm³/mol. The van der Waals surface area contributed by atoms with Crippen molar-refractivity contribution >= 4 is 51.2 Å². The number of hydrogen-bond donors (Lipinski definition) is 4. The molecule has 0 saturated carbocycles. The molecule has 6 aromatic rings. The van der Waals surface area contributed by atoms with E-state index in [4.69, 9.17) is 6.57 Å². The van der Waals surface area contributed by atoms with Crippen LogP contribution in [0.3, 0.4) is 0 Å². The summed E-state index contributed by atoms with van der Waals surface area (Å²) in [6.07, 6.45) is 4.79. The highest BCUT2D eigenvalue weighted by Crippen LogP contribution is 2.45. The molecule has 4 N–H and O–H groups in total. The van der Waals surface area contributed by atoms with E-state index in [0.29, 0.717) is 38.8 Å². The highest BCUT2D eigenvalue weighted by atomic mass is 16.3. The highest BCUT2D eigenvalue weighted by molar-refractivity contribution is 6.11. The lowest BCUT2D eigenvalue weighted by atomic mass is 10.0. The van der Waals surface area contributed by atoms with Crippen LogP contribution in [0.15, 0.2) is 114 Å². The summed E-state index contributed by atoms with van der Waals surface area (Å²) in [6.45, 7) is 9.35. The number of azo groups is 1. The Kier molecular flexibility index (Phi) is 8.46. The van der Waals surface area contributed by atoms with Gasteiger partial charge in [-0.1, -0.05) is 48.5 Å². The van der Waals surface area contributed by atoms with E-state index in [9.17, 15) is 19.8 Å². The van der Waals surface area contributed by atoms with Crippen molar-refractivity contribution in [2.75, 3.05) is 10.6 Å². The van der Waals surface area contributed by atoms with Crippen molar-refractivity contribution in [3.63, 3.8) is 0 Å². The number of hydrogen-bond acceptors (Lipinski definition) is 8. The summed E-state index contributed by atoms with van der Waals surface area (Å²) in [4.78, 5) is 37.3. The first-order chi connectivity index (χ1) is 22.9. The molecule has 2 heterocycles. The molecule has 12 nitrogen and oxygen atoms in total. The van der Waals surface area contributed by atoms with Gasteiger partial charge in [0, 0.05) is 47.8 Å². The summed E-state index contributed by atoms with van der Waals surface area (Å²) in [6, 6.07) is 24.0. The largest absolute Gasteiger partial charge is 0.505 e. The number of phenols is 1. The van der Waals surface area contributed by atoms with Gasteiger partial charge in [-0.2, -0.15) is 0 Å². The van der Waals surface area contributed by atoms with Crippen LogP contribution in [0.4, 0.5) is 28.6 Å². The summed E-state index contributed by atoms with van der Waals surface area (Å²) < 4.78 is 1.53. The van der Waals surface area contributed by atoms with Gasteiger partial charge in [0.25, 0.3) is 5.91 Å². The first kappa shape index (κ1) is 30.3. The van der Waals surface area contributed by atoms with Gasteiger partial charge in [0.05, 0.1) is 18.7 Å². The molecule has 0 radical (unpaired) electrons. The maximum absolute atomic E-state index is 13.4. The predicted octanol–water partition coefficient (Wildman–Crippen LogP) is 7.46. The molecule has 12 heteroatoms. The minimum absolute atomic E-state index is 0.0303. The maximum Gasteiger partial charge on any atom is 0.259 e. The Morgan fingerprint density at radius 1 is 0.915 bits per heavy atom. The summed E-state index contributed by atoms with van der Waals surface area (Å²) in [5.41, 5.74) is 3.11. The van der Waals surface area contributed by atoms with Crippen LogP contribution in [-0.4, -0.2) is 36.6 Å². The van der Waals surface area contributed by atoms with Crippen molar-refractivity contribution in [2.24, 2.45) is 10.2 Å². The van der Waals surface area contributed by atoms with E-state index in [2.05, 4.69) is 35.7 Å². The molecule has 2 aromatic heterocycles. The van der Waals surface area contributed by atoms with E-state index in [0.717, 1.165) is 0 Å². The van der Waals surface area contributed by atoms with Crippen LogP contribution in [-0.2, 0) is 11.4 Å². The number of nitrogens with one attached hydrogen (secondary N) is 2. The van der Waals surface area contributed by atoms with Gasteiger partial charge < -0.3 is 20.8 Å². The quantitative estimate of drug-likeness (QED) is 0.102. The molecule has 4 aromatic carbocycles. The summed E-state index contributed by atoms with van der Waals surface area (Å²) in [7, 11) is 0. The normalized spacial score (nSPS) is 11.0. The Balaban J connectivity index is 1.46. The number of rotatable bonds is 8. The van der Waals surface area contributed by atoms with Gasteiger partial charge in [-0.15, -0.1) is 10.2 Å². The molecule has 0 aliphatic carbocycles. The molecule has 0 fully saturated rings. The first-order valence-electron chi connectivity index (χ1n) is 14.3. The molecule has 2 amide bonds. The molecule has 230 valence electrons. The number of aliphatic hydroxyl groups excluding tert-OH is 1. The Morgan fingerprint density at radius 2 is 1.60 bits per heavy atom. The van der Waals surface area contributed by atoms with E-state index < -0.39 is 11.7 Å². The number of anilines is 2. The summed E-state index contributed by atoms with van der Waals surface area (Å²) in [5.74, 6) is -0.835. The molecule has 6 rings (SSSR count). The Hall–Kier alpha value is -6.71. The Labute approximate surface area is 268 Å². The zero-order valence-corrected chi connectivity index (χ0v) is 24.9. The van der Waals surface area contributed by atoms with E-state index in [-0.39, 0.29) is 41.2 Å². The smallest absolute Gasteiger partial charge is 0.259 e. The number of nitrogens with zero attached hydrogens (tertiary/aromatic N) is 6. The average Bonchev–Trinajstić information content (AvgIpc) is 3.46. The SMILES string of the molecule is [C-]#[N+]c1c(-c2ccc(NC(C)=O)cc2)cn(-c2ncccn2)c1/N=N/c1c(O)c(C(=O)Nc2ccc(CO)cc2)cc2ccccc12. The van der Waals surface area contributed by atoms with Crippen LogP contribution >= 0.6 is 0 Å². The molecular formula is C35H26N8O4. The molecule has 0 aliphatic rings. The molecule has 0 aliphatic heterocycles. The third-order valence-corrected chi connectivity index (χ3v) is 7.23. The van der Waals surface area contributed by atoms with Crippen molar-refractivity contribution in [2.45, 2.75) is 13.5 Å². The van der Waals surface area contributed by atoms with Crippen molar-refractivity contribution in [3.05, 3.63) is 126 Å². The van der Waals surface area contributed by atoms with Crippen molar-refractivity contribution < 1.29 is 19.8 Å². The number of fused-ring (bicyclic) bond motifs is 1. The summed E-state index contributed by atoms with van der Waals surface area (Å²) >= 11 is 0. The van der Waals surface area contributed by atoms with Gasteiger partial charge >= 0.3 is 0 Å². The highest BCUT2D eigenvalue weighted by Gasteiger charge is 2.22. The van der Waals surface area contributed by atoms with Crippen LogP contribution in [0.5, 0.6) is 5.75 Å². The fraction of sp³-hybridized carbons (Fsp3) is 0.0571. The zero-order valence-electron chi connectivity index (χ0n) is 24.9.